The molecule has 1 amide bonds. The van der Waals surface area contributed by atoms with Crippen molar-refractivity contribution in [2.75, 3.05) is 44.7 Å². The van der Waals surface area contributed by atoms with E-state index in [1.165, 1.54) is 6.08 Å². The number of anilines is 1. The van der Waals surface area contributed by atoms with Gasteiger partial charge in [0.1, 0.15) is 29.8 Å². The van der Waals surface area contributed by atoms with E-state index in [4.69, 9.17) is 21.3 Å². The number of benzene rings is 2. The van der Waals surface area contributed by atoms with Gasteiger partial charge in [0.2, 0.25) is 5.91 Å². The number of pyridine rings is 1. The molecule has 0 N–H and O–H groups in total. The average Bonchev–Trinajstić information content (AvgIpc) is 3.74. The second-order valence-corrected chi connectivity index (χ2v) is 12.5. The maximum absolute atomic E-state index is 16.6. The highest BCUT2D eigenvalue weighted by molar-refractivity contribution is 6.36. The minimum absolute atomic E-state index is 0.0203. The molecule has 3 aliphatic rings. The highest BCUT2D eigenvalue weighted by Crippen LogP contribution is 2.41. The van der Waals surface area contributed by atoms with Gasteiger partial charge in [0.15, 0.2) is 5.82 Å². The highest BCUT2D eigenvalue weighted by atomic mass is 35.5. The Hall–Kier alpha value is -3.89. The predicted octanol–water partition coefficient (Wildman–Crippen LogP) is 5.82. The van der Waals surface area contributed by atoms with Gasteiger partial charge in [-0.25, -0.2) is 8.78 Å². The summed E-state index contributed by atoms with van der Waals surface area (Å²) in [6.45, 7) is 6.10. The fraction of sp³-hybridized carbons (Fsp3) is 0.394. The number of likely N-dealkylation sites (tertiary alicyclic amines) is 1. The number of halogens is 3. The van der Waals surface area contributed by atoms with Crippen LogP contribution in [0, 0.1) is 5.82 Å². The third-order valence-corrected chi connectivity index (χ3v) is 9.83. The van der Waals surface area contributed by atoms with Gasteiger partial charge < -0.3 is 14.5 Å². The predicted molar refractivity (Wildman–Crippen MR) is 167 cm³/mol. The molecule has 0 spiro atoms. The van der Waals surface area contributed by atoms with Gasteiger partial charge >= 0.3 is 6.01 Å². The van der Waals surface area contributed by atoms with Crippen LogP contribution in [0.5, 0.6) is 6.01 Å². The molecule has 1 unspecified atom stereocenters. The number of carbonyl (C=O) groups excluding carboxylic acids is 1. The minimum atomic E-state index is -0.902. The van der Waals surface area contributed by atoms with Crippen LogP contribution >= 0.6 is 11.6 Å². The van der Waals surface area contributed by atoms with Crippen molar-refractivity contribution in [1.82, 2.24) is 24.8 Å². The SMILES string of the molecule is C=CC(=O)N1CCC(N(C)c2nc(OC[C@@]34CCCN3C[C@@H](F)C4)nc3c(F)c(-c4cccc5cccc(Cl)c45)ncc23)C1. The molecule has 8 nitrogen and oxygen atoms in total. The Morgan fingerprint density at radius 2 is 2.05 bits per heavy atom. The summed E-state index contributed by atoms with van der Waals surface area (Å²) in [5.74, 6) is -0.295. The lowest BCUT2D eigenvalue weighted by Crippen LogP contribution is -2.43. The van der Waals surface area contributed by atoms with Crippen molar-refractivity contribution in [2.45, 2.75) is 43.4 Å². The van der Waals surface area contributed by atoms with Crippen molar-refractivity contribution in [3.05, 3.63) is 66.1 Å². The number of hydrogen-bond acceptors (Lipinski definition) is 7. The zero-order chi connectivity index (χ0) is 30.6. The molecule has 0 saturated carbocycles. The van der Waals surface area contributed by atoms with E-state index in [2.05, 4.69) is 21.4 Å². The van der Waals surface area contributed by atoms with Crippen molar-refractivity contribution in [2.24, 2.45) is 0 Å². The molecule has 0 radical (unpaired) electrons. The van der Waals surface area contributed by atoms with Gasteiger partial charge in [-0.2, -0.15) is 9.97 Å². The topological polar surface area (TPSA) is 74.7 Å². The van der Waals surface area contributed by atoms with Crippen molar-refractivity contribution in [3.63, 3.8) is 0 Å². The molecule has 2 aromatic carbocycles. The molecule has 3 atom stereocenters. The van der Waals surface area contributed by atoms with Gasteiger partial charge in [0.05, 0.1) is 10.9 Å². The molecular formula is C33H33ClF2N6O2. The number of nitrogens with zero attached hydrogens (tertiary/aromatic N) is 6. The number of likely N-dealkylation sites (N-methyl/N-ethyl adjacent to an activating group) is 1. The number of hydrogen-bond donors (Lipinski definition) is 0. The number of rotatable bonds is 7. The van der Waals surface area contributed by atoms with Gasteiger partial charge in [-0.05, 0) is 43.3 Å². The quantitative estimate of drug-likeness (QED) is 0.242. The number of aromatic nitrogens is 3. The van der Waals surface area contributed by atoms with Gasteiger partial charge in [0.25, 0.3) is 0 Å². The van der Waals surface area contributed by atoms with E-state index in [-0.39, 0.29) is 35.8 Å². The summed E-state index contributed by atoms with van der Waals surface area (Å²) in [5, 5.41) is 2.48. The molecular weight excluding hydrogens is 586 g/mol. The van der Waals surface area contributed by atoms with Crippen LogP contribution in [0.25, 0.3) is 32.9 Å². The summed E-state index contributed by atoms with van der Waals surface area (Å²) in [6.07, 6.45) is 4.90. The molecule has 0 aliphatic carbocycles. The summed E-state index contributed by atoms with van der Waals surface area (Å²) in [6, 6.07) is 11.0. The van der Waals surface area contributed by atoms with Crippen LogP contribution in [0.4, 0.5) is 14.6 Å². The van der Waals surface area contributed by atoms with E-state index in [0.717, 1.165) is 24.8 Å². The lowest BCUT2D eigenvalue weighted by atomic mass is 9.95. The lowest BCUT2D eigenvalue weighted by molar-refractivity contribution is -0.125. The number of fused-ring (bicyclic) bond motifs is 3. The lowest BCUT2D eigenvalue weighted by Gasteiger charge is -2.31. The van der Waals surface area contributed by atoms with Crippen LogP contribution in [-0.2, 0) is 4.79 Å². The first-order valence-electron chi connectivity index (χ1n) is 15.0. The molecule has 3 saturated heterocycles. The molecule has 11 heteroatoms. The van der Waals surface area contributed by atoms with E-state index in [0.29, 0.717) is 59.7 Å². The van der Waals surface area contributed by atoms with Crippen LogP contribution in [-0.4, -0.2) is 88.2 Å². The van der Waals surface area contributed by atoms with Crippen LogP contribution in [0.1, 0.15) is 25.7 Å². The van der Waals surface area contributed by atoms with Crippen LogP contribution in [0.3, 0.4) is 0 Å². The molecule has 3 fully saturated rings. The summed E-state index contributed by atoms with van der Waals surface area (Å²) >= 11 is 6.58. The van der Waals surface area contributed by atoms with Crippen LogP contribution in [0.15, 0.2) is 55.3 Å². The second kappa shape index (κ2) is 11.2. The number of amides is 1. The van der Waals surface area contributed by atoms with E-state index in [9.17, 15) is 9.18 Å². The van der Waals surface area contributed by atoms with Crippen LogP contribution in [0.2, 0.25) is 5.02 Å². The third kappa shape index (κ3) is 4.84. The second-order valence-electron chi connectivity index (χ2n) is 12.1. The Balaban J connectivity index is 1.32. The third-order valence-electron chi connectivity index (χ3n) is 9.51. The molecule has 0 bridgehead atoms. The van der Waals surface area contributed by atoms with Gasteiger partial charge in [-0.15, -0.1) is 0 Å². The molecule has 44 heavy (non-hydrogen) atoms. The molecule has 3 aliphatic heterocycles. The standard InChI is InChI=1S/C33H33ClF2N6O2/c1-3-26(43)41-14-11-22(18-41)40(2)31-24-16-37-29(23-9-4-7-20-8-5-10-25(34)27(20)23)28(36)30(24)38-32(39-31)44-19-33-12-6-13-42(33)17-21(35)15-33/h3-5,7-10,16,21-22H,1,6,11-15,17-19H2,2H3/t21-,22?,33-/m0/s1. The van der Waals surface area contributed by atoms with E-state index < -0.39 is 17.5 Å². The fourth-order valence-electron chi connectivity index (χ4n) is 7.24. The minimum Gasteiger partial charge on any atom is -0.461 e. The summed E-state index contributed by atoms with van der Waals surface area (Å²) in [7, 11) is 1.87. The summed E-state index contributed by atoms with van der Waals surface area (Å²) < 4.78 is 37.3. The molecule has 2 aromatic heterocycles. The Kier molecular flexibility index (Phi) is 7.37. The maximum atomic E-state index is 16.6. The van der Waals surface area contributed by atoms with Crippen molar-refractivity contribution in [1.29, 1.82) is 0 Å². The molecule has 228 valence electrons. The number of carbonyl (C=O) groups is 1. The Morgan fingerprint density at radius 3 is 2.86 bits per heavy atom. The van der Waals surface area contributed by atoms with E-state index >= 15 is 4.39 Å². The monoisotopic (exact) mass is 618 g/mol. The number of ether oxygens (including phenoxy) is 1. The summed E-state index contributed by atoms with van der Waals surface area (Å²) in [4.78, 5) is 32.0. The normalized spacial score (nSPS) is 23.4. The fourth-order valence-corrected chi connectivity index (χ4v) is 7.53. The van der Waals surface area contributed by atoms with Crippen molar-refractivity contribution >= 4 is 45.0 Å². The Labute approximate surface area is 259 Å². The largest absolute Gasteiger partial charge is 0.461 e. The molecule has 7 rings (SSSR count). The van der Waals surface area contributed by atoms with Crippen molar-refractivity contribution in [3.8, 4) is 17.3 Å². The first-order valence-corrected chi connectivity index (χ1v) is 15.4. The summed E-state index contributed by atoms with van der Waals surface area (Å²) in [5.41, 5.74) is 0.328. The average molecular weight is 619 g/mol. The Morgan fingerprint density at radius 1 is 1.23 bits per heavy atom. The van der Waals surface area contributed by atoms with Crippen LogP contribution < -0.4 is 9.64 Å². The smallest absolute Gasteiger partial charge is 0.319 e. The molecule has 4 aromatic rings. The highest BCUT2D eigenvalue weighted by Gasteiger charge is 2.49. The zero-order valence-electron chi connectivity index (χ0n) is 24.5. The van der Waals surface area contributed by atoms with Gasteiger partial charge in [-0.1, -0.05) is 48.5 Å². The number of alkyl halides is 1. The first kappa shape index (κ1) is 28.9. The maximum Gasteiger partial charge on any atom is 0.319 e. The Bertz CT molecular complexity index is 1780. The van der Waals surface area contributed by atoms with Gasteiger partial charge in [0, 0.05) is 61.3 Å². The van der Waals surface area contributed by atoms with E-state index in [1.54, 1.807) is 23.2 Å². The zero-order valence-corrected chi connectivity index (χ0v) is 25.2. The first-order chi connectivity index (χ1) is 21.3. The van der Waals surface area contributed by atoms with Crippen molar-refractivity contribution < 1.29 is 18.3 Å². The van der Waals surface area contributed by atoms with Gasteiger partial charge in [-0.3, -0.25) is 14.7 Å². The van der Waals surface area contributed by atoms with E-state index in [1.807, 2.05) is 36.2 Å². The molecule has 5 heterocycles.